The quantitative estimate of drug-likeness (QED) is 0.587. The number of rotatable bonds is 3. The summed E-state index contributed by atoms with van der Waals surface area (Å²) in [4.78, 5) is 2.90. The summed E-state index contributed by atoms with van der Waals surface area (Å²) in [6.07, 6.45) is 0. The predicted octanol–water partition coefficient (Wildman–Crippen LogP) is 3.11. The van der Waals surface area contributed by atoms with E-state index in [-0.39, 0.29) is 0 Å². The van der Waals surface area contributed by atoms with Crippen LogP contribution in [0.15, 0.2) is 47.4 Å². The van der Waals surface area contributed by atoms with Gasteiger partial charge in [-0.15, -0.1) is 22.0 Å². The van der Waals surface area contributed by atoms with Gasteiger partial charge in [-0.3, -0.25) is 0 Å². The minimum absolute atomic E-state index is 0.703. The highest BCUT2D eigenvalue weighted by molar-refractivity contribution is 7.99. The number of nitrogens with zero attached hydrogens (tertiary/aromatic N) is 3. The van der Waals surface area contributed by atoms with Crippen molar-refractivity contribution in [2.75, 3.05) is 11.5 Å². The van der Waals surface area contributed by atoms with E-state index in [2.05, 4.69) is 29.3 Å². The first-order chi connectivity index (χ1) is 9.26. The van der Waals surface area contributed by atoms with Crippen LogP contribution in [0.5, 0.6) is 0 Å². The zero-order chi connectivity index (χ0) is 13.2. The Morgan fingerprint density at radius 3 is 2.53 bits per heavy atom. The van der Waals surface area contributed by atoms with Crippen molar-refractivity contribution in [3.63, 3.8) is 0 Å². The molecule has 0 radical (unpaired) electrons. The van der Waals surface area contributed by atoms with Crippen molar-refractivity contribution in [1.82, 2.24) is 15.0 Å². The molecule has 2 N–H and O–H groups in total. The van der Waals surface area contributed by atoms with Gasteiger partial charge < -0.3 is 5.73 Å². The molecule has 0 aliphatic rings. The maximum Gasteiger partial charge on any atom is 0.115 e. The molecule has 1 aromatic heterocycles. The van der Waals surface area contributed by atoms with Crippen LogP contribution in [-0.4, -0.2) is 20.7 Å². The molecular formula is C14H14N4S. The Labute approximate surface area is 115 Å². The largest absolute Gasteiger partial charge is 0.399 e. The Balaban J connectivity index is 1.99. The minimum Gasteiger partial charge on any atom is -0.399 e. The van der Waals surface area contributed by atoms with E-state index in [1.165, 1.54) is 4.90 Å². The summed E-state index contributed by atoms with van der Waals surface area (Å²) in [5, 5.41) is 8.88. The molecule has 0 spiro atoms. The van der Waals surface area contributed by atoms with E-state index in [1.54, 1.807) is 4.80 Å². The molecule has 2 aromatic carbocycles. The van der Waals surface area contributed by atoms with Gasteiger partial charge in [-0.2, -0.15) is 4.80 Å². The molecule has 19 heavy (non-hydrogen) atoms. The van der Waals surface area contributed by atoms with E-state index in [4.69, 9.17) is 5.73 Å². The Morgan fingerprint density at radius 1 is 1.05 bits per heavy atom. The van der Waals surface area contributed by atoms with Crippen molar-refractivity contribution in [3.8, 4) is 5.69 Å². The average molecular weight is 270 g/mol. The normalized spacial score (nSPS) is 11.0. The van der Waals surface area contributed by atoms with Crippen LogP contribution in [0.2, 0.25) is 0 Å². The van der Waals surface area contributed by atoms with E-state index in [1.807, 2.05) is 42.1 Å². The number of hydrogen-bond acceptors (Lipinski definition) is 4. The maximum atomic E-state index is 5.75. The van der Waals surface area contributed by atoms with Crippen LogP contribution in [0.25, 0.3) is 16.7 Å². The lowest BCUT2D eigenvalue weighted by molar-refractivity contribution is 0.765. The average Bonchev–Trinajstić information content (AvgIpc) is 2.83. The van der Waals surface area contributed by atoms with Crippen molar-refractivity contribution >= 4 is 28.5 Å². The summed E-state index contributed by atoms with van der Waals surface area (Å²) in [7, 11) is 0. The van der Waals surface area contributed by atoms with Gasteiger partial charge in [0.2, 0.25) is 0 Å². The van der Waals surface area contributed by atoms with Crippen LogP contribution in [0.1, 0.15) is 6.92 Å². The lowest BCUT2D eigenvalue weighted by atomic mass is 10.3. The molecule has 96 valence electrons. The second kappa shape index (κ2) is 4.93. The van der Waals surface area contributed by atoms with Gasteiger partial charge in [0.15, 0.2) is 0 Å². The lowest BCUT2D eigenvalue weighted by Gasteiger charge is -2.01. The highest BCUT2D eigenvalue weighted by atomic mass is 32.2. The molecule has 0 saturated carbocycles. The first kappa shape index (κ1) is 12.0. The van der Waals surface area contributed by atoms with Crippen LogP contribution in [0.4, 0.5) is 5.69 Å². The maximum absolute atomic E-state index is 5.75. The van der Waals surface area contributed by atoms with Gasteiger partial charge in [0, 0.05) is 10.6 Å². The molecular weight excluding hydrogens is 256 g/mol. The summed E-state index contributed by atoms with van der Waals surface area (Å²) in [6.45, 7) is 2.14. The fourth-order valence-corrected chi connectivity index (χ4v) is 2.55. The third-order valence-electron chi connectivity index (χ3n) is 2.78. The van der Waals surface area contributed by atoms with Crippen LogP contribution in [0.3, 0.4) is 0 Å². The molecule has 0 fully saturated rings. The SMILES string of the molecule is CCSc1ccc(-n2nc3ccc(N)cc3n2)cc1. The van der Waals surface area contributed by atoms with E-state index >= 15 is 0 Å². The summed E-state index contributed by atoms with van der Waals surface area (Å²) in [5.41, 5.74) is 9.06. The molecule has 0 aliphatic heterocycles. The first-order valence-corrected chi connectivity index (χ1v) is 7.10. The smallest absolute Gasteiger partial charge is 0.115 e. The van der Waals surface area contributed by atoms with Crippen molar-refractivity contribution in [2.45, 2.75) is 11.8 Å². The summed E-state index contributed by atoms with van der Waals surface area (Å²) < 4.78 is 0. The molecule has 0 atom stereocenters. The third kappa shape index (κ3) is 2.42. The summed E-state index contributed by atoms with van der Waals surface area (Å²) in [6, 6.07) is 13.8. The Bertz CT molecular complexity index is 703. The zero-order valence-electron chi connectivity index (χ0n) is 10.6. The first-order valence-electron chi connectivity index (χ1n) is 6.12. The van der Waals surface area contributed by atoms with Crippen LogP contribution in [0, 0.1) is 0 Å². The fraction of sp³-hybridized carbons (Fsp3) is 0.143. The standard InChI is InChI=1S/C14H14N4S/c1-2-19-12-6-4-11(5-7-12)18-16-13-8-3-10(15)9-14(13)17-18/h3-9H,2,15H2,1H3. The third-order valence-corrected chi connectivity index (χ3v) is 3.68. The molecule has 0 amide bonds. The van der Waals surface area contributed by atoms with Gasteiger partial charge in [0.1, 0.15) is 11.0 Å². The number of nitrogen functional groups attached to an aromatic ring is 1. The minimum atomic E-state index is 0.703. The molecule has 5 heteroatoms. The van der Waals surface area contributed by atoms with Gasteiger partial charge in [0.05, 0.1) is 5.69 Å². The molecule has 0 aliphatic carbocycles. The van der Waals surface area contributed by atoms with Crippen LogP contribution in [-0.2, 0) is 0 Å². The Morgan fingerprint density at radius 2 is 1.79 bits per heavy atom. The molecule has 1 heterocycles. The molecule has 3 rings (SSSR count). The van der Waals surface area contributed by atoms with Crippen molar-refractivity contribution in [3.05, 3.63) is 42.5 Å². The topological polar surface area (TPSA) is 56.7 Å². The van der Waals surface area contributed by atoms with Crippen molar-refractivity contribution in [1.29, 1.82) is 0 Å². The van der Waals surface area contributed by atoms with Gasteiger partial charge in [0.25, 0.3) is 0 Å². The summed E-state index contributed by atoms with van der Waals surface area (Å²) in [5.74, 6) is 1.07. The number of nitrogens with two attached hydrogens (primary N) is 1. The van der Waals surface area contributed by atoms with Gasteiger partial charge in [-0.25, -0.2) is 0 Å². The second-order valence-electron chi connectivity index (χ2n) is 4.16. The van der Waals surface area contributed by atoms with Crippen molar-refractivity contribution < 1.29 is 0 Å². The monoisotopic (exact) mass is 270 g/mol. The van der Waals surface area contributed by atoms with Crippen molar-refractivity contribution in [2.24, 2.45) is 0 Å². The number of hydrogen-bond donors (Lipinski definition) is 1. The van der Waals surface area contributed by atoms with Gasteiger partial charge in [-0.1, -0.05) is 6.92 Å². The summed E-state index contributed by atoms with van der Waals surface area (Å²) >= 11 is 1.82. The van der Waals surface area contributed by atoms with Crippen LogP contribution >= 0.6 is 11.8 Å². The highest BCUT2D eigenvalue weighted by Crippen LogP contribution is 2.20. The Kier molecular flexibility index (Phi) is 3.13. The number of benzene rings is 2. The van der Waals surface area contributed by atoms with E-state index in [0.717, 1.165) is 22.5 Å². The van der Waals surface area contributed by atoms with E-state index in [0.29, 0.717) is 5.69 Å². The predicted molar refractivity (Wildman–Crippen MR) is 79.7 cm³/mol. The fourth-order valence-electron chi connectivity index (χ4n) is 1.89. The lowest BCUT2D eigenvalue weighted by Crippen LogP contribution is -1.97. The van der Waals surface area contributed by atoms with E-state index < -0.39 is 0 Å². The number of anilines is 1. The second-order valence-corrected chi connectivity index (χ2v) is 5.50. The molecule has 0 unspecified atom stereocenters. The van der Waals surface area contributed by atoms with Gasteiger partial charge >= 0.3 is 0 Å². The molecule has 3 aromatic rings. The molecule has 0 saturated heterocycles. The molecule has 4 nitrogen and oxygen atoms in total. The zero-order valence-corrected chi connectivity index (χ0v) is 11.4. The Hall–Kier alpha value is -2.01. The van der Waals surface area contributed by atoms with Gasteiger partial charge in [-0.05, 0) is 48.2 Å². The van der Waals surface area contributed by atoms with E-state index in [9.17, 15) is 0 Å². The molecule has 0 bridgehead atoms. The van der Waals surface area contributed by atoms with Crippen LogP contribution < -0.4 is 5.73 Å². The highest BCUT2D eigenvalue weighted by Gasteiger charge is 2.04. The number of aromatic nitrogens is 3. The number of fused-ring (bicyclic) bond motifs is 1. The number of thioether (sulfide) groups is 1.